The van der Waals surface area contributed by atoms with E-state index in [-0.39, 0.29) is 5.91 Å². The highest BCUT2D eigenvalue weighted by Crippen LogP contribution is 2.37. The molecule has 0 aliphatic carbocycles. The molecule has 0 radical (unpaired) electrons. The number of nitrogens with one attached hydrogen (secondary N) is 1. The number of hydrogen-bond acceptors (Lipinski definition) is 4. The van der Waals surface area contributed by atoms with Crippen LogP contribution in [0.5, 0.6) is 0 Å². The highest BCUT2D eigenvalue weighted by Gasteiger charge is 2.25. The molecule has 4 rings (SSSR count). The van der Waals surface area contributed by atoms with Crippen LogP contribution in [0.3, 0.4) is 0 Å². The van der Waals surface area contributed by atoms with E-state index in [2.05, 4.69) is 10.3 Å². The Morgan fingerprint density at radius 1 is 0.931 bits per heavy atom. The maximum absolute atomic E-state index is 12.3. The lowest BCUT2D eigenvalue weighted by Gasteiger charge is -2.02. The zero-order valence-electron chi connectivity index (χ0n) is 14.4. The first kappa shape index (κ1) is 20.4. The quantitative estimate of drug-likeness (QED) is 0.393. The molecule has 0 saturated carbocycles. The summed E-state index contributed by atoms with van der Waals surface area (Å²) in [6.07, 6.45) is 1.62. The molecule has 29 heavy (non-hydrogen) atoms. The van der Waals surface area contributed by atoms with Gasteiger partial charge in [0.1, 0.15) is 11.5 Å². The number of aliphatic imine (C=N–C) groups is 1. The zero-order valence-corrected chi connectivity index (χ0v) is 18.2. The summed E-state index contributed by atoms with van der Waals surface area (Å²) in [6, 6.07) is 13.8. The van der Waals surface area contributed by atoms with Crippen molar-refractivity contribution in [1.82, 2.24) is 5.32 Å². The number of amides is 1. The SMILES string of the molecule is O=C1NC(=Nc2cccc(Cl)c2Cl)S/C1=C/c1ccc(-c2c(Cl)cccc2Cl)o1. The second-order valence-corrected chi connectivity index (χ2v) is 8.48. The summed E-state index contributed by atoms with van der Waals surface area (Å²) >= 11 is 25.8. The largest absolute Gasteiger partial charge is 0.457 e. The summed E-state index contributed by atoms with van der Waals surface area (Å²) in [5.74, 6) is 0.701. The summed E-state index contributed by atoms with van der Waals surface area (Å²) in [5.41, 5.74) is 1.07. The van der Waals surface area contributed by atoms with Crippen LogP contribution in [0, 0.1) is 0 Å². The third-order valence-electron chi connectivity index (χ3n) is 3.91. The van der Waals surface area contributed by atoms with Gasteiger partial charge in [0.05, 0.1) is 36.2 Å². The maximum atomic E-state index is 12.3. The predicted molar refractivity (Wildman–Crippen MR) is 121 cm³/mol. The van der Waals surface area contributed by atoms with Gasteiger partial charge in [0, 0.05) is 6.08 Å². The number of carbonyl (C=O) groups is 1. The minimum absolute atomic E-state index is 0.291. The normalized spacial score (nSPS) is 16.6. The van der Waals surface area contributed by atoms with Crippen molar-refractivity contribution in [2.24, 2.45) is 4.99 Å². The van der Waals surface area contributed by atoms with Crippen LogP contribution >= 0.6 is 58.2 Å². The van der Waals surface area contributed by atoms with Crippen molar-refractivity contribution in [2.75, 3.05) is 0 Å². The summed E-state index contributed by atoms with van der Waals surface area (Å²) in [6.45, 7) is 0. The van der Waals surface area contributed by atoms with E-state index in [1.807, 2.05) is 0 Å². The molecule has 146 valence electrons. The van der Waals surface area contributed by atoms with E-state index in [0.717, 1.165) is 0 Å². The van der Waals surface area contributed by atoms with Gasteiger partial charge in [-0.1, -0.05) is 58.5 Å². The summed E-state index contributed by atoms with van der Waals surface area (Å²) < 4.78 is 5.81. The summed E-state index contributed by atoms with van der Waals surface area (Å²) in [7, 11) is 0. The van der Waals surface area contributed by atoms with E-state index in [4.69, 9.17) is 50.8 Å². The number of carbonyl (C=O) groups excluding carboxylic acids is 1. The van der Waals surface area contributed by atoms with E-state index >= 15 is 0 Å². The van der Waals surface area contributed by atoms with Gasteiger partial charge in [-0.15, -0.1) is 0 Å². The number of hydrogen-bond donors (Lipinski definition) is 1. The number of amidine groups is 1. The molecule has 1 aromatic heterocycles. The van der Waals surface area contributed by atoms with Crippen LogP contribution in [0.2, 0.25) is 20.1 Å². The number of furan rings is 1. The fraction of sp³-hybridized carbons (Fsp3) is 0. The van der Waals surface area contributed by atoms with Crippen LogP contribution in [0.15, 0.2) is 62.8 Å². The molecule has 0 atom stereocenters. The number of thioether (sulfide) groups is 1. The van der Waals surface area contributed by atoms with E-state index in [1.54, 1.807) is 54.6 Å². The van der Waals surface area contributed by atoms with Crippen LogP contribution in [-0.2, 0) is 4.79 Å². The Balaban J connectivity index is 1.60. The third-order valence-corrected chi connectivity index (χ3v) is 6.26. The second kappa shape index (κ2) is 8.46. The first-order valence-corrected chi connectivity index (χ1v) is 10.5. The Kier molecular flexibility index (Phi) is 5.95. The molecule has 1 aliphatic rings. The van der Waals surface area contributed by atoms with E-state index < -0.39 is 0 Å². The van der Waals surface area contributed by atoms with Crippen LogP contribution in [0.4, 0.5) is 5.69 Å². The topological polar surface area (TPSA) is 54.6 Å². The Morgan fingerprint density at radius 2 is 1.62 bits per heavy atom. The Hall–Kier alpha value is -1.89. The molecule has 0 unspecified atom stereocenters. The van der Waals surface area contributed by atoms with E-state index in [9.17, 15) is 4.79 Å². The van der Waals surface area contributed by atoms with Crippen molar-refractivity contribution in [3.05, 3.63) is 79.3 Å². The molecule has 1 N–H and O–H groups in total. The second-order valence-electron chi connectivity index (χ2n) is 5.85. The first-order valence-electron chi connectivity index (χ1n) is 8.20. The lowest BCUT2D eigenvalue weighted by atomic mass is 10.2. The molecular formula is C20H10Cl4N2O2S. The summed E-state index contributed by atoms with van der Waals surface area (Å²) in [5, 5.41) is 4.76. The lowest BCUT2D eigenvalue weighted by Crippen LogP contribution is -2.19. The molecule has 1 amide bonds. The molecule has 4 nitrogen and oxygen atoms in total. The maximum Gasteiger partial charge on any atom is 0.264 e. The highest BCUT2D eigenvalue weighted by atomic mass is 35.5. The van der Waals surface area contributed by atoms with E-state index in [0.29, 0.717) is 52.9 Å². The Bertz CT molecular complexity index is 1170. The summed E-state index contributed by atoms with van der Waals surface area (Å²) in [4.78, 5) is 17.1. The van der Waals surface area contributed by atoms with Crippen LogP contribution in [0.1, 0.15) is 5.76 Å². The average molecular weight is 484 g/mol. The molecule has 1 saturated heterocycles. The van der Waals surface area contributed by atoms with Gasteiger partial charge in [-0.25, -0.2) is 4.99 Å². The molecular weight excluding hydrogens is 474 g/mol. The monoisotopic (exact) mass is 482 g/mol. The smallest absolute Gasteiger partial charge is 0.264 e. The molecule has 1 fully saturated rings. The number of halogens is 4. The molecule has 1 aliphatic heterocycles. The van der Waals surface area contributed by atoms with Crippen LogP contribution in [0.25, 0.3) is 17.4 Å². The fourth-order valence-electron chi connectivity index (χ4n) is 2.60. The highest BCUT2D eigenvalue weighted by molar-refractivity contribution is 8.18. The molecule has 2 aromatic carbocycles. The van der Waals surface area contributed by atoms with Crippen molar-refractivity contribution in [3.63, 3.8) is 0 Å². The number of rotatable bonds is 3. The molecule has 0 bridgehead atoms. The van der Waals surface area contributed by atoms with Gasteiger partial charge in [-0.05, 0) is 48.2 Å². The van der Waals surface area contributed by atoms with Gasteiger partial charge in [-0.3, -0.25) is 4.79 Å². The average Bonchev–Trinajstić information content (AvgIpc) is 3.26. The first-order chi connectivity index (χ1) is 13.9. The molecule has 9 heteroatoms. The van der Waals surface area contributed by atoms with Crippen molar-refractivity contribution < 1.29 is 9.21 Å². The van der Waals surface area contributed by atoms with Crippen molar-refractivity contribution in [1.29, 1.82) is 0 Å². The lowest BCUT2D eigenvalue weighted by molar-refractivity contribution is -0.115. The van der Waals surface area contributed by atoms with Crippen molar-refractivity contribution >= 4 is 81.0 Å². The van der Waals surface area contributed by atoms with E-state index in [1.165, 1.54) is 11.8 Å². The van der Waals surface area contributed by atoms with Gasteiger partial charge < -0.3 is 9.73 Å². The standard InChI is InChI=1S/C20H10Cl4N2O2S/c21-11-3-1-4-12(22)17(11)15-8-7-10(28-15)9-16-19(27)26-20(29-16)25-14-6-2-5-13(23)18(14)24/h1-9H,(H,25,26,27)/b16-9+. The van der Waals surface area contributed by atoms with Gasteiger partial charge >= 0.3 is 0 Å². The van der Waals surface area contributed by atoms with Gasteiger partial charge in [-0.2, -0.15) is 0 Å². The Morgan fingerprint density at radius 3 is 2.38 bits per heavy atom. The molecule has 3 aromatic rings. The minimum atomic E-state index is -0.291. The van der Waals surface area contributed by atoms with Crippen molar-refractivity contribution in [3.8, 4) is 11.3 Å². The zero-order chi connectivity index (χ0) is 20.5. The Labute approximate surface area is 190 Å². The van der Waals surface area contributed by atoms with Gasteiger partial charge in [0.15, 0.2) is 5.17 Å². The number of nitrogens with zero attached hydrogens (tertiary/aromatic N) is 1. The fourth-order valence-corrected chi connectivity index (χ4v) is 4.33. The van der Waals surface area contributed by atoms with Crippen LogP contribution in [-0.4, -0.2) is 11.1 Å². The van der Waals surface area contributed by atoms with Crippen molar-refractivity contribution in [2.45, 2.75) is 0 Å². The van der Waals surface area contributed by atoms with Crippen LogP contribution < -0.4 is 5.32 Å². The predicted octanol–water partition coefficient (Wildman–Crippen LogP) is 7.45. The molecule has 2 heterocycles. The number of benzene rings is 2. The minimum Gasteiger partial charge on any atom is -0.457 e. The third kappa shape index (κ3) is 4.34. The molecule has 0 spiro atoms. The van der Waals surface area contributed by atoms with Gasteiger partial charge in [0.25, 0.3) is 5.91 Å². The van der Waals surface area contributed by atoms with Gasteiger partial charge in [0.2, 0.25) is 0 Å².